The third-order valence-electron chi connectivity index (χ3n) is 10.1. The number of aryl methyl sites for hydroxylation is 1. The first kappa shape index (κ1) is 48.1. The highest BCUT2D eigenvalue weighted by Gasteiger charge is 2.45. The van der Waals surface area contributed by atoms with E-state index < -0.39 is 34.7 Å². The number of amides is 4. The zero-order chi connectivity index (χ0) is 45.0. The molecule has 1 saturated heterocycles. The fourth-order valence-electron chi connectivity index (χ4n) is 6.96. The number of benzene rings is 2. The summed E-state index contributed by atoms with van der Waals surface area (Å²) >= 11 is 0. The lowest BCUT2D eigenvalue weighted by molar-refractivity contribution is -0.126. The predicted octanol–water partition coefficient (Wildman–Crippen LogP) is 6.84. The lowest BCUT2D eigenvalue weighted by Crippen LogP contribution is -2.46. The number of alkyl carbamates (subject to hydrolysis) is 1. The standard InChI is InChI=1S/C46H65N5O10/c1-30-17-18-34(36(29-30)59-27-13-12-23-48-40(53)31-20-25-51(26-21-31)43(56)61-45(5,6)7)50-41(54)33-19-22-46(8,39(57-9)37(33)47)38(52)32-15-10-11-16-35(32)58-28-14-24-49-42(55)60-44(2,3)4/h10-11,15-19,22,29,31,39H,12-14,20-21,23-28,47H2,1-9H3,(H,48,53)(H,49,55)(H,50,54). The number of ether oxygens (including phenoxy) is 5. The molecule has 61 heavy (non-hydrogen) atoms. The van der Waals surface area contributed by atoms with Crippen molar-refractivity contribution in [3.8, 4) is 11.5 Å². The van der Waals surface area contributed by atoms with Gasteiger partial charge in [0.05, 0.1) is 41.1 Å². The van der Waals surface area contributed by atoms with Crippen LogP contribution in [0.15, 0.2) is 65.9 Å². The number of Topliss-reactive ketones (excluding diaryl/α,β-unsaturated/α-hetero) is 1. The number of methoxy groups -OCH3 is 1. The number of piperidine rings is 1. The quantitative estimate of drug-likeness (QED) is 0.0962. The highest BCUT2D eigenvalue weighted by atomic mass is 16.6. The van der Waals surface area contributed by atoms with Gasteiger partial charge in [0.1, 0.15) is 28.8 Å². The largest absolute Gasteiger partial charge is 0.493 e. The van der Waals surface area contributed by atoms with E-state index in [1.54, 1.807) is 69.0 Å². The maximum Gasteiger partial charge on any atom is 0.410 e. The number of para-hydroxylation sites is 1. The van der Waals surface area contributed by atoms with Gasteiger partial charge in [-0.3, -0.25) is 14.4 Å². The van der Waals surface area contributed by atoms with E-state index >= 15 is 0 Å². The van der Waals surface area contributed by atoms with Crippen LogP contribution in [0.5, 0.6) is 11.5 Å². The van der Waals surface area contributed by atoms with Crippen molar-refractivity contribution in [3.05, 3.63) is 77.0 Å². The number of hydrogen-bond donors (Lipinski definition) is 4. The maximum atomic E-state index is 14.2. The van der Waals surface area contributed by atoms with Crippen LogP contribution in [0.4, 0.5) is 15.3 Å². The summed E-state index contributed by atoms with van der Waals surface area (Å²) in [6.07, 6.45) is 4.31. The third kappa shape index (κ3) is 14.0. The number of hydrogen-bond acceptors (Lipinski definition) is 11. The van der Waals surface area contributed by atoms with Gasteiger partial charge in [0, 0.05) is 39.2 Å². The summed E-state index contributed by atoms with van der Waals surface area (Å²) in [5.74, 6) is -0.131. The molecule has 2 aliphatic rings. The molecule has 4 amide bonds. The first-order valence-corrected chi connectivity index (χ1v) is 21.0. The molecule has 1 aliphatic carbocycles. The molecule has 0 aromatic heterocycles. The fourth-order valence-corrected chi connectivity index (χ4v) is 6.96. The number of nitrogens with two attached hydrogens (primary N) is 1. The summed E-state index contributed by atoms with van der Waals surface area (Å²) < 4.78 is 28.6. The first-order chi connectivity index (χ1) is 28.7. The molecule has 5 N–H and O–H groups in total. The molecular formula is C46H65N5O10. The van der Waals surface area contributed by atoms with Crippen LogP contribution in [-0.2, 0) is 23.8 Å². The Bertz CT molecular complexity index is 1940. The normalized spacial score (nSPS) is 18.2. The van der Waals surface area contributed by atoms with Gasteiger partial charge in [0.2, 0.25) is 5.91 Å². The third-order valence-corrected chi connectivity index (χ3v) is 10.1. The average Bonchev–Trinajstić information content (AvgIpc) is 3.18. The number of anilines is 1. The summed E-state index contributed by atoms with van der Waals surface area (Å²) in [5, 5.41) is 8.62. The Morgan fingerprint density at radius 2 is 1.48 bits per heavy atom. The van der Waals surface area contributed by atoms with Crippen molar-refractivity contribution in [2.24, 2.45) is 17.1 Å². The number of unbranched alkanes of at least 4 members (excludes halogenated alkanes) is 1. The van der Waals surface area contributed by atoms with Crippen LogP contribution in [-0.4, -0.2) is 98.5 Å². The smallest absolute Gasteiger partial charge is 0.410 e. The Labute approximate surface area is 360 Å². The van der Waals surface area contributed by atoms with Crippen LogP contribution in [0.25, 0.3) is 0 Å². The Hall–Kier alpha value is -5.57. The van der Waals surface area contributed by atoms with Crippen molar-refractivity contribution in [2.75, 3.05) is 51.8 Å². The Morgan fingerprint density at radius 1 is 0.836 bits per heavy atom. The molecule has 0 saturated carbocycles. The van der Waals surface area contributed by atoms with Crippen molar-refractivity contribution in [1.29, 1.82) is 0 Å². The molecular weight excluding hydrogens is 783 g/mol. The van der Waals surface area contributed by atoms with Gasteiger partial charge in [-0.1, -0.05) is 30.4 Å². The molecule has 1 fully saturated rings. The molecule has 15 heteroatoms. The molecule has 334 valence electrons. The number of rotatable bonds is 17. The minimum atomic E-state index is -1.28. The SMILES string of the molecule is COC1C(N)=C(C(=O)Nc2ccc(C)cc2OCCCCNC(=O)C2CCN(C(=O)OC(C)(C)C)CC2)C=CC1(C)C(=O)c1ccccc1OCCCNC(=O)OC(C)(C)C. The second-order valence-electron chi connectivity index (χ2n) is 17.6. The van der Waals surface area contributed by atoms with Crippen LogP contribution in [0.2, 0.25) is 0 Å². The molecule has 0 bridgehead atoms. The van der Waals surface area contributed by atoms with Crippen molar-refractivity contribution in [1.82, 2.24) is 15.5 Å². The first-order valence-electron chi connectivity index (χ1n) is 21.0. The van der Waals surface area contributed by atoms with Crippen LogP contribution >= 0.6 is 0 Å². The second kappa shape index (κ2) is 21.3. The highest BCUT2D eigenvalue weighted by Crippen LogP contribution is 2.40. The topological polar surface area (TPSA) is 197 Å². The molecule has 15 nitrogen and oxygen atoms in total. The summed E-state index contributed by atoms with van der Waals surface area (Å²) in [4.78, 5) is 66.8. The van der Waals surface area contributed by atoms with E-state index in [4.69, 9.17) is 29.4 Å². The average molecular weight is 848 g/mol. The Morgan fingerprint density at radius 3 is 2.15 bits per heavy atom. The van der Waals surface area contributed by atoms with Crippen molar-refractivity contribution < 1.29 is 47.7 Å². The van der Waals surface area contributed by atoms with Crippen LogP contribution < -0.4 is 31.2 Å². The van der Waals surface area contributed by atoms with Gasteiger partial charge in [-0.25, -0.2) is 9.59 Å². The maximum absolute atomic E-state index is 14.2. The van der Waals surface area contributed by atoms with Gasteiger partial charge in [-0.05, 0) is 117 Å². The zero-order valence-corrected chi connectivity index (χ0v) is 37.2. The molecule has 2 unspecified atom stereocenters. The van der Waals surface area contributed by atoms with E-state index in [0.717, 1.165) is 5.56 Å². The predicted molar refractivity (Wildman–Crippen MR) is 232 cm³/mol. The molecule has 4 rings (SSSR count). The number of carbonyl (C=O) groups excluding carboxylic acids is 5. The molecule has 0 spiro atoms. The monoisotopic (exact) mass is 847 g/mol. The fraction of sp³-hybridized carbons (Fsp3) is 0.543. The minimum absolute atomic E-state index is 0.0174. The summed E-state index contributed by atoms with van der Waals surface area (Å²) in [6.45, 7) is 16.8. The number of ketones is 1. The molecule has 1 heterocycles. The number of likely N-dealkylation sites (tertiary alicyclic amines) is 1. The van der Waals surface area contributed by atoms with E-state index in [0.29, 0.717) is 87.6 Å². The summed E-state index contributed by atoms with van der Waals surface area (Å²) in [7, 11) is 1.44. The lowest BCUT2D eigenvalue weighted by Gasteiger charge is -2.36. The second-order valence-corrected chi connectivity index (χ2v) is 17.6. The van der Waals surface area contributed by atoms with E-state index in [1.807, 2.05) is 39.8 Å². The molecule has 2 atom stereocenters. The molecule has 2 aromatic rings. The van der Waals surface area contributed by atoms with Gasteiger partial charge in [0.15, 0.2) is 5.78 Å². The Kier molecular flexibility index (Phi) is 16.8. The number of nitrogens with one attached hydrogen (secondary N) is 3. The van der Waals surface area contributed by atoms with Crippen molar-refractivity contribution in [3.63, 3.8) is 0 Å². The van der Waals surface area contributed by atoms with E-state index in [1.165, 1.54) is 13.2 Å². The molecule has 1 aliphatic heterocycles. The van der Waals surface area contributed by atoms with E-state index in [9.17, 15) is 24.0 Å². The van der Waals surface area contributed by atoms with Crippen molar-refractivity contribution >= 4 is 35.5 Å². The van der Waals surface area contributed by atoms with Crippen LogP contribution in [0, 0.1) is 18.3 Å². The molecule has 2 aromatic carbocycles. The lowest BCUT2D eigenvalue weighted by atomic mass is 9.72. The van der Waals surface area contributed by atoms with Crippen LogP contribution in [0.1, 0.15) is 96.5 Å². The Balaban J connectivity index is 1.29. The van der Waals surface area contributed by atoms with Crippen molar-refractivity contribution in [2.45, 2.75) is 105 Å². The summed E-state index contributed by atoms with van der Waals surface area (Å²) in [6, 6.07) is 12.3. The van der Waals surface area contributed by atoms with Gasteiger partial charge >= 0.3 is 12.2 Å². The zero-order valence-electron chi connectivity index (χ0n) is 37.2. The molecule has 0 radical (unpaired) electrons. The van der Waals surface area contributed by atoms with Gasteiger partial charge in [-0.15, -0.1) is 0 Å². The number of carbonyl (C=O) groups is 5. The minimum Gasteiger partial charge on any atom is -0.493 e. The van der Waals surface area contributed by atoms with E-state index in [-0.39, 0.29) is 41.6 Å². The van der Waals surface area contributed by atoms with Gasteiger partial charge in [0.25, 0.3) is 5.91 Å². The van der Waals surface area contributed by atoms with Gasteiger partial charge in [-0.2, -0.15) is 0 Å². The van der Waals surface area contributed by atoms with E-state index in [2.05, 4.69) is 16.0 Å². The number of nitrogens with zero attached hydrogens (tertiary/aromatic N) is 1. The van der Waals surface area contributed by atoms with Gasteiger partial charge < -0.3 is 50.3 Å². The highest BCUT2D eigenvalue weighted by molar-refractivity contribution is 6.09. The van der Waals surface area contributed by atoms with Crippen LogP contribution in [0.3, 0.4) is 0 Å². The summed E-state index contributed by atoms with van der Waals surface area (Å²) in [5.41, 5.74) is 6.11.